The second-order valence-corrected chi connectivity index (χ2v) is 5.11. The Balaban J connectivity index is 2.63. The Morgan fingerprint density at radius 2 is 1.95 bits per heavy atom. The molecule has 1 heterocycles. The predicted octanol–water partition coefficient (Wildman–Crippen LogP) is 3.54. The third kappa shape index (κ3) is 2.72. The minimum atomic E-state index is -4.62. The molecule has 2 unspecified atom stereocenters. The van der Waals surface area contributed by atoms with Crippen molar-refractivity contribution in [2.45, 2.75) is 37.9 Å². The second kappa shape index (κ2) is 5.51. The maximum Gasteiger partial charge on any atom is 0.416 e. The summed E-state index contributed by atoms with van der Waals surface area (Å²) >= 11 is 0. The van der Waals surface area contributed by atoms with Crippen LogP contribution in [0.3, 0.4) is 0 Å². The lowest BCUT2D eigenvalue weighted by molar-refractivity contribution is -0.140. The van der Waals surface area contributed by atoms with Crippen molar-refractivity contribution >= 4 is 17.7 Å². The van der Waals surface area contributed by atoms with E-state index in [4.69, 9.17) is 0 Å². The van der Waals surface area contributed by atoms with Crippen LogP contribution in [0.1, 0.15) is 36.8 Å². The molecule has 1 aromatic carbocycles. The van der Waals surface area contributed by atoms with Gasteiger partial charge in [-0.25, -0.2) is 4.79 Å². The lowest BCUT2D eigenvalue weighted by Crippen LogP contribution is -2.45. The standard InChI is InChI=1S/C14H14F3NO4/c1-2-8-6-10(12(19)20)9-5-7(14(15,16)17)3-4-11(9)18(8)13(21)22/h3-5,8,10H,2,6H2,1H3,(H,19,20)(H,21,22). The maximum absolute atomic E-state index is 12.8. The number of rotatable bonds is 2. The second-order valence-electron chi connectivity index (χ2n) is 5.11. The molecule has 2 N–H and O–H groups in total. The Bertz CT molecular complexity index is 615. The molecule has 0 bridgehead atoms. The van der Waals surface area contributed by atoms with Crippen LogP contribution in [0.25, 0.3) is 0 Å². The molecule has 5 nitrogen and oxygen atoms in total. The summed E-state index contributed by atoms with van der Waals surface area (Å²) in [7, 11) is 0. The largest absolute Gasteiger partial charge is 0.481 e. The first-order valence-corrected chi connectivity index (χ1v) is 6.63. The number of hydrogen-bond acceptors (Lipinski definition) is 2. The number of aliphatic carboxylic acids is 1. The number of benzene rings is 1. The molecule has 8 heteroatoms. The van der Waals surface area contributed by atoms with Gasteiger partial charge < -0.3 is 10.2 Å². The van der Waals surface area contributed by atoms with Crippen molar-refractivity contribution in [3.05, 3.63) is 29.3 Å². The minimum absolute atomic E-state index is 0.00556. The smallest absolute Gasteiger partial charge is 0.416 e. The molecule has 1 aliphatic heterocycles. The molecule has 2 rings (SSSR count). The fourth-order valence-corrected chi connectivity index (χ4v) is 2.77. The van der Waals surface area contributed by atoms with Gasteiger partial charge in [0.05, 0.1) is 17.2 Å². The zero-order valence-corrected chi connectivity index (χ0v) is 11.6. The molecule has 120 valence electrons. The van der Waals surface area contributed by atoms with Gasteiger partial charge in [0.2, 0.25) is 0 Å². The van der Waals surface area contributed by atoms with E-state index in [-0.39, 0.29) is 17.7 Å². The van der Waals surface area contributed by atoms with Crippen molar-refractivity contribution in [3.63, 3.8) is 0 Å². The number of hydrogen-bond donors (Lipinski definition) is 2. The Labute approximate surface area is 124 Å². The maximum atomic E-state index is 12.8. The monoisotopic (exact) mass is 317 g/mol. The number of nitrogens with zero attached hydrogens (tertiary/aromatic N) is 1. The third-order valence-corrected chi connectivity index (χ3v) is 3.84. The summed E-state index contributed by atoms with van der Waals surface area (Å²) in [6, 6.07) is 1.95. The zero-order chi connectivity index (χ0) is 16.7. The molecular formula is C14H14F3NO4. The van der Waals surface area contributed by atoms with Crippen LogP contribution in [0, 0.1) is 0 Å². The average molecular weight is 317 g/mol. The summed E-state index contributed by atoms with van der Waals surface area (Å²) in [4.78, 5) is 23.7. The van der Waals surface area contributed by atoms with Crippen molar-refractivity contribution in [1.29, 1.82) is 0 Å². The molecule has 2 atom stereocenters. The highest BCUT2D eigenvalue weighted by Crippen LogP contribution is 2.42. The fourth-order valence-electron chi connectivity index (χ4n) is 2.77. The zero-order valence-electron chi connectivity index (χ0n) is 11.6. The summed E-state index contributed by atoms with van der Waals surface area (Å²) in [5, 5.41) is 18.6. The normalized spacial score (nSPS) is 21.4. The van der Waals surface area contributed by atoms with E-state index < -0.39 is 35.8 Å². The van der Waals surface area contributed by atoms with Crippen molar-refractivity contribution in [1.82, 2.24) is 0 Å². The third-order valence-electron chi connectivity index (χ3n) is 3.84. The molecule has 0 saturated heterocycles. The van der Waals surface area contributed by atoms with E-state index >= 15 is 0 Å². The minimum Gasteiger partial charge on any atom is -0.481 e. The predicted molar refractivity (Wildman–Crippen MR) is 71.0 cm³/mol. The summed E-state index contributed by atoms with van der Waals surface area (Å²) in [5.74, 6) is -2.41. The van der Waals surface area contributed by atoms with Gasteiger partial charge in [-0.05, 0) is 36.6 Å². The number of carbonyl (C=O) groups is 2. The Morgan fingerprint density at radius 1 is 1.32 bits per heavy atom. The molecule has 1 aliphatic rings. The van der Waals surface area contributed by atoms with Crippen LogP contribution in [0.5, 0.6) is 0 Å². The lowest BCUT2D eigenvalue weighted by Gasteiger charge is -2.37. The number of fused-ring (bicyclic) bond motifs is 1. The number of halogens is 3. The number of carboxylic acid groups (broad SMARTS) is 2. The van der Waals surface area contributed by atoms with Gasteiger partial charge >= 0.3 is 18.2 Å². The van der Waals surface area contributed by atoms with Crippen LogP contribution >= 0.6 is 0 Å². The highest BCUT2D eigenvalue weighted by molar-refractivity contribution is 5.92. The van der Waals surface area contributed by atoms with Gasteiger partial charge in [0.1, 0.15) is 0 Å². The van der Waals surface area contributed by atoms with Crippen LogP contribution in [0.2, 0.25) is 0 Å². The molecule has 0 spiro atoms. The van der Waals surface area contributed by atoms with E-state index in [2.05, 4.69) is 0 Å². The topological polar surface area (TPSA) is 77.8 Å². The first-order valence-electron chi connectivity index (χ1n) is 6.63. The van der Waals surface area contributed by atoms with Gasteiger partial charge in [-0.1, -0.05) is 6.92 Å². The van der Waals surface area contributed by atoms with Gasteiger partial charge in [0.15, 0.2) is 0 Å². The Hall–Kier alpha value is -2.25. The van der Waals surface area contributed by atoms with E-state index in [1.807, 2.05) is 0 Å². The molecule has 0 aliphatic carbocycles. The van der Waals surface area contributed by atoms with Crippen LogP contribution in [-0.4, -0.2) is 28.3 Å². The quantitative estimate of drug-likeness (QED) is 0.874. The fraction of sp³-hybridized carbons (Fsp3) is 0.429. The van der Waals surface area contributed by atoms with Crippen molar-refractivity contribution < 1.29 is 33.0 Å². The molecule has 0 radical (unpaired) electrons. The molecule has 0 fully saturated rings. The van der Waals surface area contributed by atoms with Gasteiger partial charge in [0.25, 0.3) is 0 Å². The van der Waals surface area contributed by atoms with Crippen LogP contribution in [0.4, 0.5) is 23.7 Å². The van der Waals surface area contributed by atoms with E-state index in [0.29, 0.717) is 6.42 Å². The highest BCUT2D eigenvalue weighted by atomic mass is 19.4. The average Bonchev–Trinajstić information content (AvgIpc) is 2.43. The molecule has 0 aromatic heterocycles. The van der Waals surface area contributed by atoms with Crippen molar-refractivity contribution in [2.24, 2.45) is 0 Å². The van der Waals surface area contributed by atoms with Crippen molar-refractivity contribution in [2.75, 3.05) is 4.90 Å². The molecular weight excluding hydrogens is 303 g/mol. The first-order chi connectivity index (χ1) is 10.2. The highest BCUT2D eigenvalue weighted by Gasteiger charge is 2.40. The van der Waals surface area contributed by atoms with Crippen LogP contribution in [-0.2, 0) is 11.0 Å². The van der Waals surface area contributed by atoms with Gasteiger partial charge in [-0.15, -0.1) is 0 Å². The molecule has 22 heavy (non-hydrogen) atoms. The summed E-state index contributed by atoms with van der Waals surface area (Å²) in [6.07, 6.45) is -5.60. The van der Waals surface area contributed by atoms with Crippen molar-refractivity contribution in [3.8, 4) is 0 Å². The first kappa shape index (κ1) is 16.1. The Morgan fingerprint density at radius 3 is 2.41 bits per heavy atom. The number of anilines is 1. The van der Waals surface area contributed by atoms with E-state index in [1.165, 1.54) is 0 Å². The van der Waals surface area contributed by atoms with E-state index in [9.17, 15) is 33.0 Å². The van der Waals surface area contributed by atoms with Gasteiger partial charge in [0, 0.05) is 6.04 Å². The van der Waals surface area contributed by atoms with Crippen LogP contribution < -0.4 is 4.90 Å². The number of amides is 1. The summed E-state index contributed by atoms with van der Waals surface area (Å²) in [5.41, 5.74) is -1.10. The van der Waals surface area contributed by atoms with E-state index in [0.717, 1.165) is 23.1 Å². The summed E-state index contributed by atoms with van der Waals surface area (Å²) < 4.78 is 38.4. The molecule has 1 aromatic rings. The van der Waals surface area contributed by atoms with E-state index in [1.54, 1.807) is 6.92 Å². The molecule has 1 amide bonds. The van der Waals surface area contributed by atoms with Gasteiger partial charge in [-0.3, -0.25) is 9.69 Å². The lowest BCUT2D eigenvalue weighted by atomic mass is 9.84. The summed E-state index contributed by atoms with van der Waals surface area (Å²) in [6.45, 7) is 1.70. The number of carboxylic acids is 1. The van der Waals surface area contributed by atoms with Gasteiger partial charge in [-0.2, -0.15) is 13.2 Å². The number of alkyl halides is 3. The van der Waals surface area contributed by atoms with Crippen LogP contribution in [0.15, 0.2) is 18.2 Å². The molecule has 0 saturated carbocycles. The Kier molecular flexibility index (Phi) is 4.04. The SMILES string of the molecule is CCC1CC(C(=O)O)c2cc(C(F)(F)F)ccc2N1C(=O)O.